The summed E-state index contributed by atoms with van der Waals surface area (Å²) < 4.78 is 7.01. The van der Waals surface area contributed by atoms with Crippen LogP contribution >= 0.6 is 0 Å². The van der Waals surface area contributed by atoms with E-state index in [1.165, 1.54) is 6.21 Å². The summed E-state index contributed by atoms with van der Waals surface area (Å²) in [5, 5.41) is 3.82. The van der Waals surface area contributed by atoms with E-state index >= 15 is 0 Å². The number of hydrogen-bond donors (Lipinski definition) is 1. The van der Waals surface area contributed by atoms with Gasteiger partial charge in [0.15, 0.2) is 0 Å². The van der Waals surface area contributed by atoms with Crippen LogP contribution in [0.25, 0.3) is 6.08 Å². The number of rotatable bonds is 5. The molecule has 0 aliphatic heterocycles. The predicted molar refractivity (Wildman–Crippen MR) is 73.5 cm³/mol. The van der Waals surface area contributed by atoms with E-state index in [-0.39, 0.29) is 5.91 Å². The predicted octanol–water partition coefficient (Wildman–Crippen LogP) is 1.98. The Kier molecular flexibility index (Phi) is 4.34. The van der Waals surface area contributed by atoms with E-state index < -0.39 is 0 Å². The van der Waals surface area contributed by atoms with Gasteiger partial charge >= 0.3 is 0 Å². The van der Waals surface area contributed by atoms with E-state index in [4.69, 9.17) is 4.42 Å². The number of hydrazone groups is 1. The molecule has 0 bridgehead atoms. The van der Waals surface area contributed by atoms with Crippen molar-refractivity contribution in [2.45, 2.75) is 6.42 Å². The van der Waals surface area contributed by atoms with Crippen LogP contribution in [0.15, 0.2) is 52.3 Å². The summed E-state index contributed by atoms with van der Waals surface area (Å²) in [6, 6.07) is 7.44. The highest BCUT2D eigenvalue weighted by atomic mass is 16.3. The number of hydrogen-bond acceptors (Lipinski definition) is 3. The van der Waals surface area contributed by atoms with Crippen LogP contribution in [0.4, 0.5) is 0 Å². The molecule has 0 saturated carbocycles. The average molecular weight is 257 g/mol. The second-order valence-corrected chi connectivity index (χ2v) is 3.97. The van der Waals surface area contributed by atoms with Crippen LogP contribution in [-0.2, 0) is 18.3 Å². The molecule has 1 N–H and O–H groups in total. The maximum Gasteiger partial charge on any atom is 0.245 e. The first kappa shape index (κ1) is 12.9. The van der Waals surface area contributed by atoms with Crippen molar-refractivity contribution in [2.24, 2.45) is 12.1 Å². The van der Waals surface area contributed by atoms with Gasteiger partial charge in [0, 0.05) is 25.2 Å². The molecule has 0 spiro atoms. The molecule has 98 valence electrons. The second kappa shape index (κ2) is 6.39. The zero-order valence-corrected chi connectivity index (χ0v) is 10.6. The first-order chi connectivity index (χ1) is 9.25. The molecule has 0 aromatic carbocycles. The molecule has 2 aromatic rings. The summed E-state index contributed by atoms with van der Waals surface area (Å²) in [4.78, 5) is 11.6. The summed E-state index contributed by atoms with van der Waals surface area (Å²) in [6.45, 7) is 0. The van der Waals surface area contributed by atoms with Crippen molar-refractivity contribution in [2.75, 3.05) is 0 Å². The number of carbonyl (C=O) groups excluding carboxylic acids is 1. The number of nitrogens with zero attached hydrogens (tertiary/aromatic N) is 2. The second-order valence-electron chi connectivity index (χ2n) is 3.97. The summed E-state index contributed by atoms with van der Waals surface area (Å²) in [6.07, 6.45) is 8.76. The quantitative estimate of drug-likeness (QED) is 0.657. The summed E-state index contributed by atoms with van der Waals surface area (Å²) in [7, 11) is 1.90. The van der Waals surface area contributed by atoms with Crippen LogP contribution in [-0.4, -0.2) is 16.7 Å². The molecule has 2 heterocycles. The normalized spacial score (nSPS) is 11.4. The Morgan fingerprint density at radius 3 is 3.05 bits per heavy atom. The molecule has 1 amide bonds. The SMILES string of the molecule is Cn1cccc1CC(=O)N/N=C\C=Cc1ccco1. The van der Waals surface area contributed by atoms with Crippen LogP contribution in [0, 0.1) is 0 Å². The fourth-order valence-electron chi connectivity index (χ4n) is 1.56. The molecule has 0 saturated heterocycles. The zero-order valence-electron chi connectivity index (χ0n) is 10.6. The molecule has 0 aliphatic carbocycles. The minimum atomic E-state index is -0.149. The maximum absolute atomic E-state index is 11.6. The fourth-order valence-corrected chi connectivity index (χ4v) is 1.56. The summed E-state index contributed by atoms with van der Waals surface area (Å²) >= 11 is 0. The first-order valence-electron chi connectivity index (χ1n) is 5.88. The Balaban J connectivity index is 1.76. The lowest BCUT2D eigenvalue weighted by Crippen LogP contribution is -2.20. The lowest BCUT2D eigenvalue weighted by molar-refractivity contribution is -0.120. The smallest absolute Gasteiger partial charge is 0.245 e. The summed E-state index contributed by atoms with van der Waals surface area (Å²) in [5.74, 6) is 0.589. The molecule has 0 aliphatic rings. The number of amides is 1. The Morgan fingerprint density at radius 1 is 1.47 bits per heavy atom. The number of aromatic nitrogens is 1. The minimum Gasteiger partial charge on any atom is -0.465 e. The molecular formula is C14H15N3O2. The zero-order chi connectivity index (χ0) is 13.5. The van der Waals surface area contributed by atoms with Crippen molar-refractivity contribution < 1.29 is 9.21 Å². The highest BCUT2D eigenvalue weighted by molar-refractivity contribution is 5.81. The van der Waals surface area contributed by atoms with Gasteiger partial charge in [0.25, 0.3) is 0 Å². The third-order valence-corrected chi connectivity index (χ3v) is 2.55. The van der Waals surface area contributed by atoms with E-state index in [9.17, 15) is 4.79 Å². The van der Waals surface area contributed by atoms with Crippen LogP contribution in [0.1, 0.15) is 11.5 Å². The van der Waals surface area contributed by atoms with Gasteiger partial charge in [0.1, 0.15) is 5.76 Å². The highest BCUT2D eigenvalue weighted by Gasteiger charge is 2.03. The highest BCUT2D eigenvalue weighted by Crippen LogP contribution is 2.01. The van der Waals surface area contributed by atoms with Gasteiger partial charge in [-0.25, -0.2) is 5.43 Å². The van der Waals surface area contributed by atoms with E-state index in [2.05, 4.69) is 10.5 Å². The Labute approximate surface area is 111 Å². The molecule has 5 heteroatoms. The van der Waals surface area contributed by atoms with Crippen molar-refractivity contribution in [3.8, 4) is 0 Å². The van der Waals surface area contributed by atoms with Crippen molar-refractivity contribution >= 4 is 18.2 Å². The molecule has 19 heavy (non-hydrogen) atoms. The van der Waals surface area contributed by atoms with Gasteiger partial charge in [-0.3, -0.25) is 4.79 Å². The number of aryl methyl sites for hydroxylation is 1. The number of carbonyl (C=O) groups is 1. The molecule has 2 rings (SSSR count). The van der Waals surface area contributed by atoms with E-state index in [0.717, 1.165) is 11.5 Å². The van der Waals surface area contributed by atoms with Gasteiger partial charge in [0.2, 0.25) is 5.91 Å². The van der Waals surface area contributed by atoms with Gasteiger partial charge in [0.05, 0.1) is 12.7 Å². The Bertz CT molecular complexity index is 580. The Hall–Kier alpha value is -2.56. The Morgan fingerprint density at radius 2 is 2.37 bits per heavy atom. The molecule has 0 atom stereocenters. The number of nitrogens with one attached hydrogen (secondary N) is 1. The lowest BCUT2D eigenvalue weighted by Gasteiger charge is -2.01. The van der Waals surface area contributed by atoms with E-state index in [1.807, 2.05) is 36.0 Å². The van der Waals surface area contributed by atoms with Crippen molar-refractivity contribution in [1.29, 1.82) is 0 Å². The molecule has 0 unspecified atom stereocenters. The largest absolute Gasteiger partial charge is 0.465 e. The molecule has 5 nitrogen and oxygen atoms in total. The third-order valence-electron chi connectivity index (χ3n) is 2.55. The van der Waals surface area contributed by atoms with Crippen LogP contribution < -0.4 is 5.43 Å². The van der Waals surface area contributed by atoms with Gasteiger partial charge in [-0.1, -0.05) is 0 Å². The lowest BCUT2D eigenvalue weighted by atomic mass is 10.3. The third kappa shape index (κ3) is 3.99. The minimum absolute atomic E-state index is 0.149. The fraction of sp³-hybridized carbons (Fsp3) is 0.143. The van der Waals surface area contributed by atoms with Crippen LogP contribution in [0.5, 0.6) is 0 Å². The average Bonchev–Trinajstić information content (AvgIpc) is 3.02. The number of furan rings is 1. The first-order valence-corrected chi connectivity index (χ1v) is 5.88. The molecular weight excluding hydrogens is 242 g/mol. The van der Waals surface area contributed by atoms with Crippen molar-refractivity contribution in [3.05, 3.63) is 54.3 Å². The standard InChI is InChI=1S/C14H15N3O2/c1-17-9-3-5-12(17)11-14(18)16-15-8-2-6-13-7-4-10-19-13/h2-10H,11H2,1H3,(H,16,18)/b6-2?,15-8-. The maximum atomic E-state index is 11.6. The molecule has 0 radical (unpaired) electrons. The van der Waals surface area contributed by atoms with Gasteiger partial charge in [-0.15, -0.1) is 0 Å². The molecule has 0 fully saturated rings. The number of allylic oxidation sites excluding steroid dienone is 1. The monoisotopic (exact) mass is 257 g/mol. The van der Waals surface area contributed by atoms with Crippen LogP contribution in [0.3, 0.4) is 0 Å². The van der Waals surface area contributed by atoms with Crippen molar-refractivity contribution in [3.63, 3.8) is 0 Å². The topological polar surface area (TPSA) is 59.5 Å². The van der Waals surface area contributed by atoms with Crippen LogP contribution in [0.2, 0.25) is 0 Å². The summed E-state index contributed by atoms with van der Waals surface area (Å²) in [5.41, 5.74) is 3.41. The van der Waals surface area contributed by atoms with Gasteiger partial charge in [-0.2, -0.15) is 5.10 Å². The molecule has 2 aromatic heterocycles. The van der Waals surface area contributed by atoms with Crippen molar-refractivity contribution in [1.82, 2.24) is 9.99 Å². The van der Waals surface area contributed by atoms with Gasteiger partial charge in [-0.05, 0) is 36.4 Å². The van der Waals surface area contributed by atoms with E-state index in [1.54, 1.807) is 24.5 Å². The van der Waals surface area contributed by atoms with E-state index in [0.29, 0.717) is 6.42 Å². The van der Waals surface area contributed by atoms with Gasteiger partial charge < -0.3 is 8.98 Å².